The predicted molar refractivity (Wildman–Crippen MR) is 138 cm³/mol. The zero-order valence-electron chi connectivity index (χ0n) is 20.2. The molecule has 0 spiro atoms. The lowest BCUT2D eigenvalue weighted by atomic mass is 10.1. The van der Waals surface area contributed by atoms with E-state index in [-0.39, 0.29) is 17.2 Å². The van der Waals surface area contributed by atoms with E-state index in [1.54, 1.807) is 6.07 Å². The number of hydrogen-bond acceptors (Lipinski definition) is 5. The standard InChI is InChI=1S/C28H27N3O3S/c1-5-18(2)31-27(32)26(35-28(31)33)15-23-14-19(3)30(20(23)4)24-10-12-25(13-11-24)34-17-22-9-7-6-8-21(22)16-29/h6-15,18H,5,17H2,1-4H3/b26-15+/t18-/m1/s1. The Morgan fingerprint density at radius 3 is 2.51 bits per heavy atom. The zero-order chi connectivity index (χ0) is 25.1. The molecule has 1 fully saturated rings. The fourth-order valence-corrected chi connectivity index (χ4v) is 5.04. The van der Waals surface area contributed by atoms with E-state index in [2.05, 4.69) is 10.6 Å². The number of amides is 2. The topological polar surface area (TPSA) is 75.3 Å². The molecule has 4 rings (SSSR count). The summed E-state index contributed by atoms with van der Waals surface area (Å²) >= 11 is 1.00. The highest BCUT2D eigenvalue weighted by atomic mass is 32.2. The Bertz CT molecular complexity index is 1350. The van der Waals surface area contributed by atoms with E-state index in [9.17, 15) is 14.9 Å². The molecule has 0 radical (unpaired) electrons. The molecule has 1 aromatic heterocycles. The number of imide groups is 1. The summed E-state index contributed by atoms with van der Waals surface area (Å²) in [7, 11) is 0. The van der Waals surface area contributed by atoms with Crippen molar-refractivity contribution in [1.82, 2.24) is 9.47 Å². The van der Waals surface area contributed by atoms with E-state index in [0.29, 0.717) is 22.8 Å². The van der Waals surface area contributed by atoms with Gasteiger partial charge in [-0.2, -0.15) is 5.26 Å². The Hall–Kier alpha value is -3.76. The van der Waals surface area contributed by atoms with Crippen molar-refractivity contribution in [2.24, 2.45) is 0 Å². The molecule has 178 valence electrons. The lowest BCUT2D eigenvalue weighted by Gasteiger charge is -2.19. The third-order valence-corrected chi connectivity index (χ3v) is 7.12. The molecule has 35 heavy (non-hydrogen) atoms. The molecule has 1 saturated heterocycles. The van der Waals surface area contributed by atoms with Gasteiger partial charge in [0.2, 0.25) is 0 Å². The van der Waals surface area contributed by atoms with Gasteiger partial charge in [-0.3, -0.25) is 14.5 Å². The summed E-state index contributed by atoms with van der Waals surface area (Å²) in [4.78, 5) is 27.0. The van der Waals surface area contributed by atoms with Crippen molar-refractivity contribution in [1.29, 1.82) is 5.26 Å². The van der Waals surface area contributed by atoms with E-state index >= 15 is 0 Å². The van der Waals surface area contributed by atoms with Crippen LogP contribution in [0.4, 0.5) is 4.79 Å². The van der Waals surface area contributed by atoms with Crippen LogP contribution >= 0.6 is 11.8 Å². The highest BCUT2D eigenvalue weighted by molar-refractivity contribution is 8.18. The van der Waals surface area contributed by atoms with Crippen LogP contribution in [0.2, 0.25) is 0 Å². The molecule has 7 heteroatoms. The van der Waals surface area contributed by atoms with Crippen LogP contribution in [0.1, 0.15) is 48.3 Å². The average molecular weight is 486 g/mol. The van der Waals surface area contributed by atoms with Gasteiger partial charge in [-0.25, -0.2) is 0 Å². The number of benzene rings is 2. The Morgan fingerprint density at radius 1 is 1.11 bits per heavy atom. The van der Waals surface area contributed by atoms with Crippen molar-refractivity contribution in [3.05, 3.63) is 87.6 Å². The quantitative estimate of drug-likeness (QED) is 0.363. The smallest absolute Gasteiger partial charge is 0.293 e. The number of nitriles is 1. The monoisotopic (exact) mass is 485 g/mol. The van der Waals surface area contributed by atoms with Gasteiger partial charge in [0.1, 0.15) is 12.4 Å². The third-order valence-electron chi connectivity index (χ3n) is 6.24. The minimum atomic E-state index is -0.223. The number of nitrogens with zero attached hydrogens (tertiary/aromatic N) is 3. The van der Waals surface area contributed by atoms with Gasteiger partial charge in [0.25, 0.3) is 11.1 Å². The minimum Gasteiger partial charge on any atom is -0.489 e. The van der Waals surface area contributed by atoms with E-state index in [0.717, 1.165) is 46.4 Å². The van der Waals surface area contributed by atoms with Crippen LogP contribution in [0.25, 0.3) is 11.8 Å². The zero-order valence-corrected chi connectivity index (χ0v) is 21.1. The summed E-state index contributed by atoms with van der Waals surface area (Å²) in [5.41, 5.74) is 5.33. The molecular weight excluding hydrogens is 458 g/mol. The van der Waals surface area contributed by atoms with E-state index < -0.39 is 0 Å². The molecule has 6 nitrogen and oxygen atoms in total. The molecule has 2 aromatic carbocycles. The van der Waals surface area contributed by atoms with Crippen LogP contribution in [0.5, 0.6) is 5.75 Å². The normalized spacial score (nSPS) is 15.5. The molecule has 1 aliphatic rings. The Morgan fingerprint density at radius 2 is 1.83 bits per heavy atom. The van der Waals surface area contributed by atoms with Gasteiger partial charge in [0, 0.05) is 28.7 Å². The number of ether oxygens (including phenoxy) is 1. The lowest BCUT2D eigenvalue weighted by Crippen LogP contribution is -2.36. The van der Waals surface area contributed by atoms with Crippen molar-refractivity contribution in [3.8, 4) is 17.5 Å². The van der Waals surface area contributed by atoms with Crippen molar-refractivity contribution in [3.63, 3.8) is 0 Å². The first kappa shape index (κ1) is 24.4. The van der Waals surface area contributed by atoms with E-state index in [4.69, 9.17) is 4.74 Å². The van der Waals surface area contributed by atoms with Gasteiger partial charge < -0.3 is 9.30 Å². The Labute approximate surface area is 209 Å². The lowest BCUT2D eigenvalue weighted by molar-refractivity contribution is -0.124. The maximum atomic E-state index is 12.8. The molecule has 2 amide bonds. The van der Waals surface area contributed by atoms with Gasteiger partial charge in [-0.05, 0) is 87.0 Å². The molecule has 1 atom stereocenters. The van der Waals surface area contributed by atoms with Gasteiger partial charge in [0.15, 0.2) is 0 Å². The SMILES string of the molecule is CC[C@@H](C)N1C(=O)S/C(=C/c2cc(C)n(-c3ccc(OCc4ccccc4C#N)cc3)c2C)C1=O. The summed E-state index contributed by atoms with van der Waals surface area (Å²) in [6.45, 7) is 8.19. The van der Waals surface area contributed by atoms with Crippen LogP contribution in [0.15, 0.2) is 59.5 Å². The number of rotatable bonds is 7. The summed E-state index contributed by atoms with van der Waals surface area (Å²) in [6, 6.07) is 19.3. The molecule has 0 aliphatic carbocycles. The highest BCUT2D eigenvalue weighted by Crippen LogP contribution is 2.35. The van der Waals surface area contributed by atoms with Crippen LogP contribution in [-0.4, -0.2) is 26.7 Å². The largest absolute Gasteiger partial charge is 0.489 e. The van der Waals surface area contributed by atoms with Gasteiger partial charge in [-0.15, -0.1) is 0 Å². The fourth-order valence-electron chi connectivity index (χ4n) is 4.12. The first-order chi connectivity index (χ1) is 16.8. The van der Waals surface area contributed by atoms with Crippen molar-refractivity contribution in [2.45, 2.75) is 46.8 Å². The number of hydrogen-bond donors (Lipinski definition) is 0. The molecule has 0 unspecified atom stereocenters. The van der Waals surface area contributed by atoms with Gasteiger partial charge in [0.05, 0.1) is 16.5 Å². The second kappa shape index (κ2) is 10.2. The van der Waals surface area contributed by atoms with E-state index in [1.165, 1.54) is 4.90 Å². The Balaban J connectivity index is 1.53. The van der Waals surface area contributed by atoms with Crippen molar-refractivity contribution >= 4 is 29.0 Å². The first-order valence-electron chi connectivity index (χ1n) is 11.5. The fraction of sp³-hybridized carbons (Fsp3) is 0.250. The van der Waals surface area contributed by atoms with Crippen molar-refractivity contribution < 1.29 is 14.3 Å². The minimum absolute atomic E-state index is 0.116. The summed E-state index contributed by atoms with van der Waals surface area (Å²) in [5.74, 6) is 0.488. The second-order valence-corrected chi connectivity index (χ2v) is 9.52. The molecule has 2 heterocycles. The molecular formula is C28H27N3O3S. The Kier molecular flexibility index (Phi) is 7.13. The third kappa shape index (κ3) is 4.89. The van der Waals surface area contributed by atoms with Crippen LogP contribution in [0.3, 0.4) is 0 Å². The number of aryl methyl sites for hydroxylation is 1. The summed E-state index contributed by atoms with van der Waals surface area (Å²) < 4.78 is 8.00. The van der Waals surface area contributed by atoms with Crippen LogP contribution in [-0.2, 0) is 11.4 Å². The summed E-state index contributed by atoms with van der Waals surface area (Å²) in [5, 5.41) is 9.04. The predicted octanol–water partition coefficient (Wildman–Crippen LogP) is 6.38. The highest BCUT2D eigenvalue weighted by Gasteiger charge is 2.37. The maximum Gasteiger partial charge on any atom is 0.293 e. The number of carbonyl (C=O) groups is 2. The van der Waals surface area contributed by atoms with Crippen LogP contribution < -0.4 is 4.74 Å². The molecule has 0 saturated carbocycles. The van der Waals surface area contributed by atoms with E-state index in [1.807, 2.05) is 82.3 Å². The van der Waals surface area contributed by atoms with Crippen LogP contribution in [0, 0.1) is 25.2 Å². The molecule has 0 N–H and O–H groups in total. The second-order valence-electron chi connectivity index (χ2n) is 8.52. The first-order valence-corrected chi connectivity index (χ1v) is 12.3. The molecule has 0 bridgehead atoms. The van der Waals surface area contributed by atoms with Gasteiger partial charge >= 0.3 is 0 Å². The van der Waals surface area contributed by atoms with Crippen molar-refractivity contribution in [2.75, 3.05) is 0 Å². The number of carbonyl (C=O) groups excluding carboxylic acids is 2. The number of aromatic nitrogens is 1. The number of thioether (sulfide) groups is 1. The molecule has 3 aromatic rings. The summed E-state index contributed by atoms with van der Waals surface area (Å²) in [6.07, 6.45) is 2.54. The maximum absolute atomic E-state index is 12.8. The van der Waals surface area contributed by atoms with Gasteiger partial charge in [-0.1, -0.05) is 25.1 Å². The average Bonchev–Trinajstić information content (AvgIpc) is 3.30. The molecule has 1 aliphatic heterocycles.